The molecule has 2 unspecified atom stereocenters. The van der Waals surface area contributed by atoms with Crippen molar-refractivity contribution in [3.8, 4) is 0 Å². The number of thiophene rings is 1. The Kier molecular flexibility index (Phi) is 4.67. The highest BCUT2D eigenvalue weighted by atomic mass is 35.5. The topological polar surface area (TPSA) is 24.9 Å². The van der Waals surface area contributed by atoms with E-state index in [4.69, 9.17) is 23.2 Å². The lowest BCUT2D eigenvalue weighted by Gasteiger charge is -2.18. The zero-order chi connectivity index (χ0) is 13.3. The Morgan fingerprint density at radius 3 is 2.44 bits per heavy atom. The third-order valence-electron chi connectivity index (χ3n) is 2.66. The molecule has 0 saturated heterocycles. The molecule has 0 aliphatic heterocycles. The van der Waals surface area contributed by atoms with Gasteiger partial charge in [0, 0.05) is 17.1 Å². The smallest absolute Gasteiger partial charge is 0.109 e. The van der Waals surface area contributed by atoms with Gasteiger partial charge in [0.15, 0.2) is 0 Å². The SMILES string of the molecule is Cc1cnc(C(C)NC(C)c2cc(Cl)sc2Cl)s1. The predicted octanol–water partition coefficient (Wildman–Crippen LogP) is 5.23. The van der Waals surface area contributed by atoms with E-state index in [9.17, 15) is 0 Å². The van der Waals surface area contributed by atoms with Gasteiger partial charge in [0.1, 0.15) is 5.01 Å². The van der Waals surface area contributed by atoms with Crippen LogP contribution in [0.2, 0.25) is 8.67 Å². The molecule has 18 heavy (non-hydrogen) atoms. The van der Waals surface area contributed by atoms with Gasteiger partial charge in [0.25, 0.3) is 0 Å². The second-order valence-corrected chi connectivity index (χ2v) is 7.75. The Balaban J connectivity index is 2.07. The van der Waals surface area contributed by atoms with E-state index in [2.05, 4.69) is 31.1 Å². The van der Waals surface area contributed by atoms with Gasteiger partial charge in [-0.15, -0.1) is 22.7 Å². The van der Waals surface area contributed by atoms with E-state index >= 15 is 0 Å². The third-order valence-corrected chi connectivity index (χ3v) is 5.27. The number of thiazole rings is 1. The molecule has 2 atom stereocenters. The number of aryl methyl sites for hydroxylation is 1. The molecule has 0 aromatic carbocycles. The zero-order valence-electron chi connectivity index (χ0n) is 10.3. The van der Waals surface area contributed by atoms with Crippen LogP contribution in [-0.4, -0.2) is 4.98 Å². The molecule has 0 aliphatic rings. The van der Waals surface area contributed by atoms with Gasteiger partial charge in [-0.3, -0.25) is 0 Å². The first-order chi connectivity index (χ1) is 8.47. The van der Waals surface area contributed by atoms with Crippen LogP contribution in [0.3, 0.4) is 0 Å². The number of halogens is 2. The predicted molar refractivity (Wildman–Crippen MR) is 81.2 cm³/mol. The standard InChI is InChI=1S/C12H14Cl2N2S2/c1-6-5-15-12(17-6)8(3)16-7(2)9-4-10(13)18-11(9)14/h4-5,7-8,16H,1-3H3. The van der Waals surface area contributed by atoms with Crippen molar-refractivity contribution in [2.75, 3.05) is 0 Å². The highest BCUT2D eigenvalue weighted by Gasteiger charge is 2.17. The summed E-state index contributed by atoms with van der Waals surface area (Å²) in [5.41, 5.74) is 1.05. The molecule has 0 aliphatic carbocycles. The fourth-order valence-corrected chi connectivity index (χ4v) is 4.19. The summed E-state index contributed by atoms with van der Waals surface area (Å²) in [6.07, 6.45) is 1.90. The van der Waals surface area contributed by atoms with Crippen LogP contribution < -0.4 is 5.32 Å². The van der Waals surface area contributed by atoms with Gasteiger partial charge < -0.3 is 5.32 Å². The number of rotatable bonds is 4. The monoisotopic (exact) mass is 320 g/mol. The van der Waals surface area contributed by atoms with Gasteiger partial charge in [0.05, 0.1) is 14.7 Å². The fraction of sp³-hybridized carbons (Fsp3) is 0.417. The van der Waals surface area contributed by atoms with Gasteiger partial charge in [-0.2, -0.15) is 0 Å². The maximum Gasteiger partial charge on any atom is 0.109 e. The first-order valence-electron chi connectivity index (χ1n) is 5.60. The maximum atomic E-state index is 6.15. The van der Waals surface area contributed by atoms with Crippen molar-refractivity contribution in [2.45, 2.75) is 32.9 Å². The van der Waals surface area contributed by atoms with Gasteiger partial charge in [0.2, 0.25) is 0 Å². The molecule has 0 bridgehead atoms. The molecule has 2 nitrogen and oxygen atoms in total. The second-order valence-electron chi connectivity index (χ2n) is 4.20. The minimum Gasteiger partial charge on any atom is -0.301 e. The van der Waals surface area contributed by atoms with E-state index in [1.54, 1.807) is 11.3 Å². The van der Waals surface area contributed by atoms with Crippen LogP contribution in [-0.2, 0) is 0 Å². The molecule has 2 rings (SSSR count). The molecular weight excluding hydrogens is 307 g/mol. The number of aromatic nitrogens is 1. The highest BCUT2D eigenvalue weighted by Crippen LogP contribution is 2.35. The van der Waals surface area contributed by atoms with Crippen LogP contribution in [0.15, 0.2) is 12.3 Å². The molecule has 2 aromatic heterocycles. The summed E-state index contributed by atoms with van der Waals surface area (Å²) in [6.45, 7) is 6.25. The zero-order valence-corrected chi connectivity index (χ0v) is 13.5. The average molecular weight is 321 g/mol. The molecule has 1 N–H and O–H groups in total. The fourth-order valence-electron chi connectivity index (χ4n) is 1.76. The molecule has 2 aromatic rings. The number of hydrogen-bond donors (Lipinski definition) is 1. The maximum absolute atomic E-state index is 6.15. The van der Waals surface area contributed by atoms with E-state index in [-0.39, 0.29) is 12.1 Å². The molecule has 0 radical (unpaired) electrons. The molecule has 98 valence electrons. The Hall–Kier alpha value is -0.130. The Morgan fingerprint density at radius 2 is 1.94 bits per heavy atom. The first-order valence-corrected chi connectivity index (χ1v) is 7.99. The van der Waals surface area contributed by atoms with E-state index in [1.807, 2.05) is 12.3 Å². The molecular formula is C12H14Cl2N2S2. The van der Waals surface area contributed by atoms with Crippen molar-refractivity contribution in [2.24, 2.45) is 0 Å². The van der Waals surface area contributed by atoms with Gasteiger partial charge in [-0.05, 0) is 32.4 Å². The van der Waals surface area contributed by atoms with Crippen LogP contribution in [0.1, 0.15) is 41.4 Å². The Bertz CT molecular complexity index is 536. The van der Waals surface area contributed by atoms with Crippen molar-refractivity contribution >= 4 is 45.9 Å². The second kappa shape index (κ2) is 5.88. The summed E-state index contributed by atoms with van der Waals surface area (Å²) in [6, 6.07) is 2.28. The molecule has 2 heterocycles. The summed E-state index contributed by atoms with van der Waals surface area (Å²) in [7, 11) is 0. The first kappa shape index (κ1) is 14.3. The Labute approximate surface area is 125 Å². The number of nitrogens with one attached hydrogen (secondary N) is 1. The lowest BCUT2D eigenvalue weighted by Crippen LogP contribution is -2.22. The van der Waals surface area contributed by atoms with E-state index in [1.165, 1.54) is 16.2 Å². The summed E-state index contributed by atoms with van der Waals surface area (Å²) in [5.74, 6) is 0. The highest BCUT2D eigenvalue weighted by molar-refractivity contribution is 7.20. The van der Waals surface area contributed by atoms with Crippen molar-refractivity contribution in [1.82, 2.24) is 10.3 Å². The number of hydrogen-bond acceptors (Lipinski definition) is 4. The lowest BCUT2D eigenvalue weighted by molar-refractivity contribution is 0.494. The van der Waals surface area contributed by atoms with Gasteiger partial charge in [-0.1, -0.05) is 23.2 Å². The van der Waals surface area contributed by atoms with Crippen LogP contribution >= 0.6 is 45.9 Å². The largest absolute Gasteiger partial charge is 0.301 e. The minimum atomic E-state index is 0.153. The summed E-state index contributed by atoms with van der Waals surface area (Å²) in [4.78, 5) is 5.61. The molecule has 0 fully saturated rings. The molecule has 0 amide bonds. The van der Waals surface area contributed by atoms with Gasteiger partial charge >= 0.3 is 0 Å². The summed E-state index contributed by atoms with van der Waals surface area (Å²) in [5, 5.41) is 4.59. The molecule has 0 spiro atoms. The third kappa shape index (κ3) is 3.25. The van der Waals surface area contributed by atoms with Crippen LogP contribution in [0, 0.1) is 6.92 Å². The van der Waals surface area contributed by atoms with Gasteiger partial charge in [-0.25, -0.2) is 4.98 Å². The van der Waals surface area contributed by atoms with Crippen molar-refractivity contribution in [3.05, 3.63) is 36.4 Å². The lowest BCUT2D eigenvalue weighted by atomic mass is 10.1. The normalized spacial score (nSPS) is 14.7. The van der Waals surface area contributed by atoms with Crippen LogP contribution in [0.5, 0.6) is 0 Å². The van der Waals surface area contributed by atoms with E-state index in [0.29, 0.717) is 0 Å². The Morgan fingerprint density at radius 1 is 1.22 bits per heavy atom. The van der Waals surface area contributed by atoms with Crippen LogP contribution in [0.4, 0.5) is 0 Å². The summed E-state index contributed by atoms with van der Waals surface area (Å²) < 4.78 is 1.48. The quantitative estimate of drug-likeness (QED) is 0.834. The number of nitrogens with zero attached hydrogens (tertiary/aromatic N) is 1. The van der Waals surface area contributed by atoms with E-state index in [0.717, 1.165) is 19.2 Å². The summed E-state index contributed by atoms with van der Waals surface area (Å²) >= 11 is 15.2. The minimum absolute atomic E-state index is 0.153. The van der Waals surface area contributed by atoms with Crippen LogP contribution in [0.25, 0.3) is 0 Å². The van der Waals surface area contributed by atoms with Crippen molar-refractivity contribution in [1.29, 1.82) is 0 Å². The molecule has 0 saturated carbocycles. The van der Waals surface area contributed by atoms with E-state index < -0.39 is 0 Å². The molecule has 6 heteroatoms. The van der Waals surface area contributed by atoms with Crippen molar-refractivity contribution < 1.29 is 0 Å². The van der Waals surface area contributed by atoms with Crippen molar-refractivity contribution in [3.63, 3.8) is 0 Å². The average Bonchev–Trinajstić information content (AvgIpc) is 2.84.